The van der Waals surface area contributed by atoms with Crippen molar-refractivity contribution in [2.45, 2.75) is 0 Å². The first kappa shape index (κ1) is 27.0. The number of fused-ring (bicyclic) bond motifs is 1. The van der Waals surface area contributed by atoms with E-state index in [4.69, 9.17) is 4.74 Å². The quantitative estimate of drug-likeness (QED) is 0.276. The third-order valence-corrected chi connectivity index (χ3v) is 7.35. The standard InChI is InChI=1S/C33H32N6O3/c1-37(2)28-10-3-23(4-11-28)32(40)35-27-8-14-30(15-9-27)39-31-16-5-24(21-25(31)22-34-39)33(41)36-26-6-12-29(13-7-26)38-17-19-42-20-18-38/h3-16,21-22H,17-20H2,1-2H3,(H,35,40)(H,36,41). The summed E-state index contributed by atoms with van der Waals surface area (Å²) < 4.78 is 7.24. The van der Waals surface area contributed by atoms with E-state index in [0.29, 0.717) is 16.8 Å². The molecule has 0 aliphatic carbocycles. The SMILES string of the molecule is CN(C)c1ccc(C(=O)Nc2ccc(-n3ncc4cc(C(=O)Nc5ccc(N6CCOCC6)cc5)ccc43)cc2)cc1. The van der Waals surface area contributed by atoms with Gasteiger partial charge >= 0.3 is 0 Å². The van der Waals surface area contributed by atoms with Crippen LogP contribution < -0.4 is 20.4 Å². The van der Waals surface area contributed by atoms with Crippen LogP contribution in [0.2, 0.25) is 0 Å². The Morgan fingerprint density at radius 3 is 1.93 bits per heavy atom. The minimum atomic E-state index is -0.180. The average molecular weight is 561 g/mol. The van der Waals surface area contributed by atoms with Crippen molar-refractivity contribution in [3.8, 4) is 5.69 Å². The van der Waals surface area contributed by atoms with Crippen LogP contribution in [0.25, 0.3) is 16.6 Å². The van der Waals surface area contributed by atoms with Crippen molar-refractivity contribution in [2.75, 3.05) is 60.8 Å². The second kappa shape index (κ2) is 11.8. The number of carbonyl (C=O) groups is 2. The van der Waals surface area contributed by atoms with E-state index >= 15 is 0 Å². The number of hydrogen-bond acceptors (Lipinski definition) is 6. The average Bonchev–Trinajstić information content (AvgIpc) is 3.46. The lowest BCUT2D eigenvalue weighted by Gasteiger charge is -2.28. The molecule has 1 saturated heterocycles. The maximum atomic E-state index is 13.0. The van der Waals surface area contributed by atoms with Crippen molar-refractivity contribution in [1.82, 2.24) is 9.78 Å². The van der Waals surface area contributed by atoms with Gasteiger partial charge < -0.3 is 25.2 Å². The van der Waals surface area contributed by atoms with Gasteiger partial charge in [-0.2, -0.15) is 5.10 Å². The Labute approximate surface area is 244 Å². The molecule has 5 aromatic rings. The van der Waals surface area contributed by atoms with Crippen LogP contribution in [-0.2, 0) is 4.74 Å². The molecule has 42 heavy (non-hydrogen) atoms. The van der Waals surface area contributed by atoms with Crippen molar-refractivity contribution in [3.63, 3.8) is 0 Å². The molecule has 2 heterocycles. The number of amides is 2. The summed E-state index contributed by atoms with van der Waals surface area (Å²) in [6.45, 7) is 3.20. The van der Waals surface area contributed by atoms with Crippen LogP contribution in [-0.4, -0.2) is 62.0 Å². The molecule has 2 N–H and O–H groups in total. The van der Waals surface area contributed by atoms with Crippen molar-refractivity contribution in [1.29, 1.82) is 0 Å². The number of nitrogens with zero attached hydrogens (tertiary/aromatic N) is 4. The first-order chi connectivity index (χ1) is 20.4. The maximum Gasteiger partial charge on any atom is 0.255 e. The fourth-order valence-corrected chi connectivity index (χ4v) is 4.96. The number of anilines is 4. The second-order valence-electron chi connectivity index (χ2n) is 10.4. The first-order valence-corrected chi connectivity index (χ1v) is 13.9. The van der Waals surface area contributed by atoms with E-state index in [1.54, 1.807) is 12.3 Å². The molecule has 0 radical (unpaired) electrons. The highest BCUT2D eigenvalue weighted by molar-refractivity contribution is 6.06. The number of morpholine rings is 1. The van der Waals surface area contributed by atoms with E-state index in [2.05, 4.69) is 20.6 Å². The highest BCUT2D eigenvalue weighted by Crippen LogP contribution is 2.23. The summed E-state index contributed by atoms with van der Waals surface area (Å²) in [6, 6.07) is 28.4. The molecule has 1 aromatic heterocycles. The minimum absolute atomic E-state index is 0.170. The topological polar surface area (TPSA) is 91.7 Å². The molecule has 9 nitrogen and oxygen atoms in total. The summed E-state index contributed by atoms with van der Waals surface area (Å²) in [6.07, 6.45) is 1.75. The molecule has 0 bridgehead atoms. The number of hydrogen-bond donors (Lipinski definition) is 2. The molecule has 0 spiro atoms. The third kappa shape index (κ3) is 5.82. The summed E-state index contributed by atoms with van der Waals surface area (Å²) in [5, 5.41) is 11.3. The van der Waals surface area contributed by atoms with Gasteiger partial charge in [-0.3, -0.25) is 9.59 Å². The zero-order valence-corrected chi connectivity index (χ0v) is 23.6. The first-order valence-electron chi connectivity index (χ1n) is 13.9. The van der Waals surface area contributed by atoms with Gasteiger partial charge in [-0.05, 0) is 91.0 Å². The zero-order valence-electron chi connectivity index (χ0n) is 23.6. The predicted octanol–water partition coefficient (Wildman–Crippen LogP) is 5.43. The number of nitrogens with one attached hydrogen (secondary N) is 2. The summed E-state index contributed by atoms with van der Waals surface area (Å²) in [4.78, 5) is 29.9. The number of carbonyl (C=O) groups excluding carboxylic acids is 2. The molecule has 212 valence electrons. The van der Waals surface area contributed by atoms with Gasteiger partial charge in [0, 0.05) is 66.4 Å². The van der Waals surface area contributed by atoms with Crippen molar-refractivity contribution < 1.29 is 14.3 Å². The fourth-order valence-electron chi connectivity index (χ4n) is 4.96. The Hall–Kier alpha value is -5.15. The lowest BCUT2D eigenvalue weighted by molar-refractivity contribution is 0.101. The van der Waals surface area contributed by atoms with E-state index in [9.17, 15) is 9.59 Å². The van der Waals surface area contributed by atoms with Gasteiger partial charge in [0.2, 0.25) is 0 Å². The van der Waals surface area contributed by atoms with E-state index in [0.717, 1.165) is 60.0 Å². The van der Waals surface area contributed by atoms with Crippen LogP contribution in [0.1, 0.15) is 20.7 Å². The molecule has 0 atom stereocenters. The Morgan fingerprint density at radius 2 is 1.31 bits per heavy atom. The molecule has 6 rings (SSSR count). The number of rotatable bonds is 7. The summed E-state index contributed by atoms with van der Waals surface area (Å²) in [5.74, 6) is -0.350. The van der Waals surface area contributed by atoms with Crippen LogP contribution in [0, 0.1) is 0 Å². The largest absolute Gasteiger partial charge is 0.378 e. The lowest BCUT2D eigenvalue weighted by atomic mass is 10.1. The van der Waals surface area contributed by atoms with E-state index in [1.807, 2.05) is 109 Å². The molecule has 1 aliphatic heterocycles. The molecular weight excluding hydrogens is 528 g/mol. The Balaban J connectivity index is 1.11. The lowest BCUT2D eigenvalue weighted by Crippen LogP contribution is -2.36. The van der Waals surface area contributed by atoms with Crippen LogP contribution in [0.5, 0.6) is 0 Å². The molecule has 2 amide bonds. The Bertz CT molecular complexity index is 1700. The summed E-state index contributed by atoms with van der Waals surface area (Å²) in [7, 11) is 3.92. The van der Waals surface area contributed by atoms with Gasteiger partial charge in [0.05, 0.1) is 30.6 Å². The second-order valence-corrected chi connectivity index (χ2v) is 10.4. The number of aromatic nitrogens is 2. The molecule has 1 aliphatic rings. The summed E-state index contributed by atoms with van der Waals surface area (Å²) >= 11 is 0. The highest BCUT2D eigenvalue weighted by atomic mass is 16.5. The highest BCUT2D eigenvalue weighted by Gasteiger charge is 2.14. The predicted molar refractivity (Wildman–Crippen MR) is 167 cm³/mol. The van der Waals surface area contributed by atoms with Crippen molar-refractivity contribution in [3.05, 3.63) is 108 Å². The third-order valence-electron chi connectivity index (χ3n) is 7.35. The van der Waals surface area contributed by atoms with Gasteiger partial charge in [-0.1, -0.05) is 0 Å². The molecule has 9 heteroatoms. The minimum Gasteiger partial charge on any atom is -0.378 e. The van der Waals surface area contributed by atoms with Crippen molar-refractivity contribution >= 4 is 45.5 Å². The van der Waals surface area contributed by atoms with Gasteiger partial charge in [-0.15, -0.1) is 0 Å². The van der Waals surface area contributed by atoms with Crippen LogP contribution in [0.3, 0.4) is 0 Å². The smallest absolute Gasteiger partial charge is 0.255 e. The molecule has 1 fully saturated rings. The molecule has 0 unspecified atom stereocenters. The van der Waals surface area contributed by atoms with E-state index < -0.39 is 0 Å². The maximum absolute atomic E-state index is 13.0. The van der Waals surface area contributed by atoms with Gasteiger partial charge in [0.1, 0.15) is 0 Å². The van der Waals surface area contributed by atoms with Gasteiger partial charge in [0.15, 0.2) is 0 Å². The zero-order chi connectivity index (χ0) is 29.1. The number of ether oxygens (including phenoxy) is 1. The van der Waals surface area contributed by atoms with Crippen LogP contribution >= 0.6 is 0 Å². The molecule has 0 saturated carbocycles. The van der Waals surface area contributed by atoms with Gasteiger partial charge in [-0.25, -0.2) is 4.68 Å². The Morgan fingerprint density at radius 1 is 0.738 bits per heavy atom. The van der Waals surface area contributed by atoms with Crippen molar-refractivity contribution in [2.24, 2.45) is 0 Å². The van der Waals surface area contributed by atoms with E-state index in [1.165, 1.54) is 0 Å². The molecular formula is C33H32N6O3. The van der Waals surface area contributed by atoms with Crippen LogP contribution in [0.4, 0.5) is 22.7 Å². The van der Waals surface area contributed by atoms with Crippen LogP contribution in [0.15, 0.2) is 97.2 Å². The van der Waals surface area contributed by atoms with Gasteiger partial charge in [0.25, 0.3) is 11.8 Å². The van der Waals surface area contributed by atoms with E-state index in [-0.39, 0.29) is 11.8 Å². The normalized spacial score (nSPS) is 13.1. The fraction of sp³-hybridized carbons (Fsp3) is 0.182. The summed E-state index contributed by atoms with van der Waals surface area (Å²) in [5.41, 5.74) is 6.44. The number of benzene rings is 4. The monoisotopic (exact) mass is 560 g/mol. The molecule has 4 aromatic carbocycles. The Kier molecular flexibility index (Phi) is 7.57.